The highest BCUT2D eigenvalue weighted by Gasteiger charge is 1.96. The summed E-state index contributed by atoms with van der Waals surface area (Å²) in [5, 5.41) is 9.26. The Bertz CT molecular complexity index is 327. The molecule has 2 N–H and O–H groups in total. The second-order valence-corrected chi connectivity index (χ2v) is 4.31. The molecule has 0 saturated carbocycles. The monoisotopic (exact) mass is 228 g/mol. The van der Waals surface area contributed by atoms with Crippen LogP contribution in [0, 0.1) is 0 Å². The van der Waals surface area contributed by atoms with Gasteiger partial charge in [0.15, 0.2) is 5.16 Å². The minimum absolute atomic E-state index is 0.104. The van der Waals surface area contributed by atoms with E-state index in [0.29, 0.717) is 5.16 Å². The van der Waals surface area contributed by atoms with E-state index >= 15 is 0 Å². The fraction of sp³-hybridized carbons (Fsp3) is 0.600. The number of aliphatic hydroxyl groups is 1. The molecule has 0 saturated heterocycles. The van der Waals surface area contributed by atoms with Crippen molar-refractivity contribution in [3.8, 4) is 0 Å². The van der Waals surface area contributed by atoms with Crippen LogP contribution < -0.4 is 5.56 Å². The first-order chi connectivity index (χ1) is 7.33. The summed E-state index contributed by atoms with van der Waals surface area (Å²) in [5.41, 5.74) is -0.104. The first kappa shape index (κ1) is 12.3. The molecule has 0 unspecified atom stereocenters. The molecule has 0 atom stereocenters. The topological polar surface area (TPSA) is 66.0 Å². The van der Waals surface area contributed by atoms with Crippen molar-refractivity contribution in [2.24, 2.45) is 0 Å². The molecule has 0 aliphatic carbocycles. The van der Waals surface area contributed by atoms with Gasteiger partial charge in [0.05, 0.1) is 0 Å². The third-order valence-electron chi connectivity index (χ3n) is 1.94. The van der Waals surface area contributed by atoms with Gasteiger partial charge < -0.3 is 10.1 Å². The van der Waals surface area contributed by atoms with E-state index < -0.39 is 0 Å². The number of unbranched alkanes of at least 4 members (excludes halogenated alkanes) is 3. The number of hydrogen-bond donors (Lipinski definition) is 2. The zero-order chi connectivity index (χ0) is 10.9. The Hall–Kier alpha value is -0.810. The molecule has 0 spiro atoms. The van der Waals surface area contributed by atoms with Crippen LogP contribution in [0.3, 0.4) is 0 Å². The molecule has 1 aromatic heterocycles. The van der Waals surface area contributed by atoms with Crippen LogP contribution in [-0.2, 0) is 0 Å². The number of thioether (sulfide) groups is 1. The summed E-state index contributed by atoms with van der Waals surface area (Å²) in [6.45, 7) is 0.278. The smallest absolute Gasteiger partial charge is 0.251 e. The Morgan fingerprint density at radius 3 is 2.87 bits per heavy atom. The van der Waals surface area contributed by atoms with Gasteiger partial charge in [-0.1, -0.05) is 24.6 Å². The second-order valence-electron chi connectivity index (χ2n) is 3.23. The lowest BCUT2D eigenvalue weighted by atomic mass is 10.2. The molecule has 5 heteroatoms. The molecule has 1 rings (SSSR count). The maximum absolute atomic E-state index is 10.9. The molecule has 0 radical (unpaired) electrons. The Kier molecular flexibility index (Phi) is 6.11. The fourth-order valence-electron chi connectivity index (χ4n) is 1.16. The quantitative estimate of drug-likeness (QED) is 0.421. The third kappa shape index (κ3) is 5.59. The molecule has 15 heavy (non-hydrogen) atoms. The molecule has 0 aliphatic rings. The first-order valence-electron chi connectivity index (χ1n) is 5.12. The summed E-state index contributed by atoms with van der Waals surface area (Å²) in [6, 6.07) is 1.41. The van der Waals surface area contributed by atoms with Gasteiger partial charge in [-0.15, -0.1) is 0 Å². The van der Waals surface area contributed by atoms with Crippen molar-refractivity contribution >= 4 is 11.8 Å². The van der Waals surface area contributed by atoms with Gasteiger partial charge in [-0.2, -0.15) is 0 Å². The van der Waals surface area contributed by atoms with Crippen molar-refractivity contribution < 1.29 is 5.11 Å². The van der Waals surface area contributed by atoms with Crippen LogP contribution >= 0.6 is 11.8 Å². The van der Waals surface area contributed by atoms with Crippen molar-refractivity contribution in [1.82, 2.24) is 9.97 Å². The van der Waals surface area contributed by atoms with E-state index in [1.807, 2.05) is 0 Å². The standard InChI is InChI=1S/C10H16N2O2S/c13-7-3-1-2-4-8-15-10-11-6-5-9(14)12-10/h5-6,13H,1-4,7-8H2,(H,11,12,14). The number of nitrogens with one attached hydrogen (secondary N) is 1. The summed E-state index contributed by atoms with van der Waals surface area (Å²) in [5.74, 6) is 0.957. The first-order valence-corrected chi connectivity index (χ1v) is 6.10. The van der Waals surface area contributed by atoms with Crippen LogP contribution in [0.1, 0.15) is 25.7 Å². The predicted octanol–water partition coefficient (Wildman–Crippen LogP) is 1.41. The number of H-pyrrole nitrogens is 1. The summed E-state index contributed by atoms with van der Waals surface area (Å²) in [6.07, 6.45) is 5.67. The molecule has 1 aromatic rings. The molecule has 0 aliphatic heterocycles. The van der Waals surface area contributed by atoms with Crippen LogP contribution in [0.15, 0.2) is 22.2 Å². The predicted molar refractivity (Wildman–Crippen MR) is 61.1 cm³/mol. The van der Waals surface area contributed by atoms with E-state index in [1.165, 1.54) is 12.3 Å². The van der Waals surface area contributed by atoms with Crippen molar-refractivity contribution in [3.63, 3.8) is 0 Å². The summed E-state index contributed by atoms with van der Waals surface area (Å²) >= 11 is 1.56. The normalized spacial score (nSPS) is 10.5. The molecule has 0 amide bonds. The highest BCUT2D eigenvalue weighted by atomic mass is 32.2. The Labute approximate surface area is 93.1 Å². The van der Waals surface area contributed by atoms with Gasteiger partial charge in [0.25, 0.3) is 5.56 Å². The SMILES string of the molecule is O=c1ccnc(SCCCCCCO)[nH]1. The summed E-state index contributed by atoms with van der Waals surface area (Å²) < 4.78 is 0. The Morgan fingerprint density at radius 1 is 1.33 bits per heavy atom. The number of nitrogens with zero attached hydrogens (tertiary/aromatic N) is 1. The van der Waals surface area contributed by atoms with E-state index in [9.17, 15) is 4.79 Å². The zero-order valence-corrected chi connectivity index (χ0v) is 9.42. The molecule has 0 fully saturated rings. The Morgan fingerprint density at radius 2 is 2.13 bits per heavy atom. The minimum atomic E-state index is -0.104. The lowest BCUT2D eigenvalue weighted by molar-refractivity contribution is 0.283. The molecule has 4 nitrogen and oxygen atoms in total. The van der Waals surface area contributed by atoms with E-state index in [0.717, 1.165) is 31.4 Å². The number of hydrogen-bond acceptors (Lipinski definition) is 4. The fourth-order valence-corrected chi connectivity index (χ4v) is 2.01. The third-order valence-corrected chi connectivity index (χ3v) is 2.91. The molecular formula is C10H16N2O2S. The van der Waals surface area contributed by atoms with Crippen LogP contribution in [0.5, 0.6) is 0 Å². The molecule has 0 aromatic carbocycles. The van der Waals surface area contributed by atoms with E-state index in [1.54, 1.807) is 11.8 Å². The van der Waals surface area contributed by atoms with E-state index in [4.69, 9.17) is 5.11 Å². The van der Waals surface area contributed by atoms with Gasteiger partial charge >= 0.3 is 0 Å². The maximum atomic E-state index is 10.9. The summed E-state index contributed by atoms with van der Waals surface area (Å²) in [4.78, 5) is 17.6. The average Bonchev–Trinajstić information content (AvgIpc) is 2.23. The maximum Gasteiger partial charge on any atom is 0.251 e. The highest BCUT2D eigenvalue weighted by Crippen LogP contribution is 2.13. The highest BCUT2D eigenvalue weighted by molar-refractivity contribution is 7.99. The van der Waals surface area contributed by atoms with Crippen LogP contribution in [0.2, 0.25) is 0 Å². The number of rotatable bonds is 7. The number of aliphatic hydroxyl groups excluding tert-OH is 1. The minimum Gasteiger partial charge on any atom is -0.396 e. The van der Waals surface area contributed by atoms with Gasteiger partial charge in [0, 0.05) is 24.6 Å². The van der Waals surface area contributed by atoms with Gasteiger partial charge in [-0.05, 0) is 12.8 Å². The van der Waals surface area contributed by atoms with Crippen LogP contribution in [0.4, 0.5) is 0 Å². The zero-order valence-electron chi connectivity index (χ0n) is 8.61. The number of aromatic amines is 1. The van der Waals surface area contributed by atoms with Crippen molar-refractivity contribution in [3.05, 3.63) is 22.6 Å². The molecule has 0 bridgehead atoms. The van der Waals surface area contributed by atoms with E-state index in [2.05, 4.69) is 9.97 Å². The van der Waals surface area contributed by atoms with Gasteiger partial charge in [0.2, 0.25) is 0 Å². The van der Waals surface area contributed by atoms with Gasteiger partial charge in [-0.3, -0.25) is 4.79 Å². The lowest BCUT2D eigenvalue weighted by Gasteiger charge is -2.00. The molecular weight excluding hydrogens is 212 g/mol. The second kappa shape index (κ2) is 7.48. The van der Waals surface area contributed by atoms with Crippen LogP contribution in [-0.4, -0.2) is 27.4 Å². The molecule has 1 heterocycles. The van der Waals surface area contributed by atoms with Gasteiger partial charge in [0.1, 0.15) is 0 Å². The van der Waals surface area contributed by atoms with Gasteiger partial charge in [-0.25, -0.2) is 4.98 Å². The van der Waals surface area contributed by atoms with Crippen molar-refractivity contribution in [2.75, 3.05) is 12.4 Å². The largest absolute Gasteiger partial charge is 0.396 e. The average molecular weight is 228 g/mol. The van der Waals surface area contributed by atoms with Crippen LogP contribution in [0.25, 0.3) is 0 Å². The van der Waals surface area contributed by atoms with E-state index in [-0.39, 0.29) is 12.2 Å². The summed E-state index contributed by atoms with van der Waals surface area (Å²) in [7, 11) is 0. The Balaban J connectivity index is 2.12. The number of aromatic nitrogens is 2. The molecule has 84 valence electrons. The van der Waals surface area contributed by atoms with Crippen molar-refractivity contribution in [2.45, 2.75) is 30.8 Å². The van der Waals surface area contributed by atoms with Crippen molar-refractivity contribution in [1.29, 1.82) is 0 Å². The lowest BCUT2D eigenvalue weighted by Crippen LogP contribution is -2.05.